The first-order valence-electron chi connectivity index (χ1n) is 5.63. The second kappa shape index (κ2) is 4.94. The number of rotatable bonds is 3. The molecule has 0 aliphatic carbocycles. The topological polar surface area (TPSA) is 35.6 Å². The fraction of sp³-hybridized carbons (Fsp3) is 0.909. The molecule has 1 saturated heterocycles. The van der Waals surface area contributed by atoms with Crippen LogP contribution in [0.15, 0.2) is 0 Å². The van der Waals surface area contributed by atoms with Crippen molar-refractivity contribution in [1.82, 2.24) is 15.1 Å². The Morgan fingerprint density at radius 2 is 2.13 bits per heavy atom. The van der Waals surface area contributed by atoms with Crippen molar-refractivity contribution in [2.45, 2.75) is 38.9 Å². The maximum Gasteiger partial charge on any atom is 0.241 e. The average Bonchev–Trinajstić information content (AvgIpc) is 2.09. The lowest BCUT2D eigenvalue weighted by Crippen LogP contribution is -2.63. The third-order valence-electron chi connectivity index (χ3n) is 2.79. The van der Waals surface area contributed by atoms with Crippen molar-refractivity contribution in [2.24, 2.45) is 0 Å². The van der Waals surface area contributed by atoms with Gasteiger partial charge in [0.25, 0.3) is 0 Å². The van der Waals surface area contributed by atoms with Gasteiger partial charge in [0.1, 0.15) is 0 Å². The zero-order valence-electron chi connectivity index (χ0n) is 10.4. The predicted octanol–water partition coefficient (Wildman–Crippen LogP) is 0.145. The molecule has 2 atom stereocenters. The fourth-order valence-corrected chi connectivity index (χ4v) is 2.17. The molecular weight excluding hydrogens is 190 g/mol. The van der Waals surface area contributed by atoms with Crippen LogP contribution in [0.5, 0.6) is 0 Å². The molecule has 1 aliphatic rings. The van der Waals surface area contributed by atoms with Crippen LogP contribution in [0.3, 0.4) is 0 Å². The Labute approximate surface area is 92.6 Å². The summed E-state index contributed by atoms with van der Waals surface area (Å²) in [6.45, 7) is 7.91. The summed E-state index contributed by atoms with van der Waals surface area (Å²) in [6.07, 6.45) is 0. The van der Waals surface area contributed by atoms with Crippen LogP contribution >= 0.6 is 0 Å². The standard InChI is InChI=1S/C11H23N3O/c1-8(2)14-9(3)6-12-10(11(14)15)7-13(4)5/h8-10,12H,6-7H2,1-5H3. The number of likely N-dealkylation sites (N-methyl/N-ethyl adjacent to an activating group) is 1. The molecule has 1 heterocycles. The number of piperazine rings is 1. The quantitative estimate of drug-likeness (QED) is 0.724. The van der Waals surface area contributed by atoms with E-state index in [0.29, 0.717) is 12.1 Å². The molecule has 1 fully saturated rings. The van der Waals surface area contributed by atoms with Gasteiger partial charge in [-0.3, -0.25) is 4.79 Å². The summed E-state index contributed by atoms with van der Waals surface area (Å²) in [5.74, 6) is 0.234. The van der Waals surface area contributed by atoms with Crippen LogP contribution in [-0.4, -0.2) is 61.0 Å². The highest BCUT2D eigenvalue weighted by molar-refractivity contribution is 5.83. The van der Waals surface area contributed by atoms with E-state index in [0.717, 1.165) is 13.1 Å². The van der Waals surface area contributed by atoms with E-state index in [1.807, 2.05) is 23.9 Å². The third-order valence-corrected chi connectivity index (χ3v) is 2.79. The average molecular weight is 213 g/mol. The molecule has 1 N–H and O–H groups in total. The lowest BCUT2D eigenvalue weighted by Gasteiger charge is -2.41. The van der Waals surface area contributed by atoms with Gasteiger partial charge >= 0.3 is 0 Å². The van der Waals surface area contributed by atoms with Gasteiger partial charge in [-0.15, -0.1) is 0 Å². The molecule has 0 aromatic heterocycles. The van der Waals surface area contributed by atoms with Crippen LogP contribution in [0.4, 0.5) is 0 Å². The molecule has 0 bridgehead atoms. The molecule has 4 nitrogen and oxygen atoms in total. The minimum atomic E-state index is -0.0430. The molecule has 0 aromatic rings. The molecule has 4 heteroatoms. The smallest absolute Gasteiger partial charge is 0.241 e. The van der Waals surface area contributed by atoms with Gasteiger partial charge in [-0.05, 0) is 34.9 Å². The van der Waals surface area contributed by atoms with Crippen molar-refractivity contribution in [3.05, 3.63) is 0 Å². The highest BCUT2D eigenvalue weighted by Crippen LogP contribution is 2.12. The Morgan fingerprint density at radius 1 is 1.53 bits per heavy atom. The number of amides is 1. The van der Waals surface area contributed by atoms with Gasteiger partial charge in [-0.1, -0.05) is 0 Å². The molecule has 0 radical (unpaired) electrons. The normalized spacial score (nSPS) is 27.9. The van der Waals surface area contributed by atoms with Crippen molar-refractivity contribution >= 4 is 5.91 Å². The second-order valence-electron chi connectivity index (χ2n) is 4.91. The van der Waals surface area contributed by atoms with Crippen LogP contribution < -0.4 is 5.32 Å². The third kappa shape index (κ3) is 2.92. The van der Waals surface area contributed by atoms with Gasteiger partial charge in [0.05, 0.1) is 6.04 Å². The Balaban J connectivity index is 2.68. The summed E-state index contributed by atoms with van der Waals surface area (Å²) < 4.78 is 0. The lowest BCUT2D eigenvalue weighted by molar-refractivity contribution is -0.140. The van der Waals surface area contributed by atoms with Crippen molar-refractivity contribution in [3.63, 3.8) is 0 Å². The summed E-state index contributed by atoms with van der Waals surface area (Å²) in [7, 11) is 3.99. The maximum atomic E-state index is 12.1. The minimum Gasteiger partial charge on any atom is -0.335 e. The fourth-order valence-electron chi connectivity index (χ4n) is 2.17. The molecule has 15 heavy (non-hydrogen) atoms. The molecule has 1 aliphatic heterocycles. The predicted molar refractivity (Wildman–Crippen MR) is 61.8 cm³/mol. The van der Waals surface area contributed by atoms with Gasteiger partial charge in [0.15, 0.2) is 0 Å². The van der Waals surface area contributed by atoms with E-state index in [-0.39, 0.29) is 11.9 Å². The molecule has 0 aromatic carbocycles. The van der Waals surface area contributed by atoms with Gasteiger partial charge < -0.3 is 15.1 Å². The van der Waals surface area contributed by atoms with Crippen molar-refractivity contribution in [1.29, 1.82) is 0 Å². The number of carbonyl (C=O) groups is 1. The first kappa shape index (κ1) is 12.5. The Morgan fingerprint density at radius 3 is 2.60 bits per heavy atom. The van der Waals surface area contributed by atoms with Crippen LogP contribution in [-0.2, 0) is 4.79 Å². The van der Waals surface area contributed by atoms with E-state index < -0.39 is 0 Å². The van der Waals surface area contributed by atoms with Gasteiger partial charge in [0, 0.05) is 25.2 Å². The highest BCUT2D eigenvalue weighted by Gasteiger charge is 2.34. The highest BCUT2D eigenvalue weighted by atomic mass is 16.2. The van der Waals surface area contributed by atoms with E-state index in [1.54, 1.807) is 0 Å². The van der Waals surface area contributed by atoms with Gasteiger partial charge in [-0.2, -0.15) is 0 Å². The maximum absolute atomic E-state index is 12.1. The largest absolute Gasteiger partial charge is 0.335 e. The van der Waals surface area contributed by atoms with E-state index in [1.165, 1.54) is 0 Å². The van der Waals surface area contributed by atoms with Crippen LogP contribution in [0.25, 0.3) is 0 Å². The second-order valence-corrected chi connectivity index (χ2v) is 4.91. The van der Waals surface area contributed by atoms with Crippen molar-refractivity contribution < 1.29 is 4.79 Å². The monoisotopic (exact) mass is 213 g/mol. The summed E-state index contributed by atoms with van der Waals surface area (Å²) in [4.78, 5) is 16.2. The molecule has 88 valence electrons. The Hall–Kier alpha value is -0.610. The number of nitrogens with zero attached hydrogens (tertiary/aromatic N) is 2. The van der Waals surface area contributed by atoms with Gasteiger partial charge in [0.2, 0.25) is 5.91 Å². The van der Waals surface area contributed by atoms with E-state index in [4.69, 9.17) is 0 Å². The van der Waals surface area contributed by atoms with Gasteiger partial charge in [-0.25, -0.2) is 0 Å². The molecule has 0 saturated carbocycles. The molecule has 1 rings (SSSR count). The summed E-state index contributed by atoms with van der Waals surface area (Å²) >= 11 is 0. The Bertz CT molecular complexity index is 228. The molecular formula is C11H23N3O. The zero-order valence-corrected chi connectivity index (χ0v) is 10.4. The van der Waals surface area contributed by atoms with E-state index in [2.05, 4.69) is 26.1 Å². The summed E-state index contributed by atoms with van der Waals surface area (Å²) in [5, 5.41) is 3.30. The molecule has 1 amide bonds. The van der Waals surface area contributed by atoms with Crippen LogP contribution in [0, 0.1) is 0 Å². The first-order valence-corrected chi connectivity index (χ1v) is 5.63. The van der Waals surface area contributed by atoms with Crippen LogP contribution in [0.2, 0.25) is 0 Å². The number of hydrogen-bond donors (Lipinski definition) is 1. The summed E-state index contributed by atoms with van der Waals surface area (Å²) in [5.41, 5.74) is 0. The number of hydrogen-bond acceptors (Lipinski definition) is 3. The van der Waals surface area contributed by atoms with E-state index in [9.17, 15) is 4.79 Å². The Kier molecular flexibility index (Phi) is 4.11. The zero-order chi connectivity index (χ0) is 11.6. The van der Waals surface area contributed by atoms with E-state index >= 15 is 0 Å². The minimum absolute atomic E-state index is 0.0430. The SMILES string of the molecule is CC(C)N1C(=O)C(CN(C)C)NCC1C. The molecule has 0 spiro atoms. The van der Waals surface area contributed by atoms with Crippen LogP contribution in [0.1, 0.15) is 20.8 Å². The van der Waals surface area contributed by atoms with Crippen molar-refractivity contribution in [2.75, 3.05) is 27.2 Å². The first-order chi connectivity index (χ1) is 6.93. The molecule has 2 unspecified atom stereocenters. The number of nitrogens with one attached hydrogen (secondary N) is 1. The summed E-state index contributed by atoms with van der Waals surface area (Å²) in [6, 6.07) is 0.550. The van der Waals surface area contributed by atoms with Crippen molar-refractivity contribution in [3.8, 4) is 0 Å². The number of carbonyl (C=O) groups excluding carboxylic acids is 1. The lowest BCUT2D eigenvalue weighted by atomic mass is 10.1.